The van der Waals surface area contributed by atoms with Gasteiger partial charge in [0, 0.05) is 18.3 Å². The van der Waals surface area contributed by atoms with Gasteiger partial charge in [0.1, 0.15) is 11.9 Å². The normalized spacial score (nSPS) is 15.3. The zero-order valence-corrected chi connectivity index (χ0v) is 23.4. The van der Waals surface area contributed by atoms with Gasteiger partial charge in [-0.05, 0) is 63.4 Å². The Hall–Kier alpha value is -4.73. The van der Waals surface area contributed by atoms with Crippen molar-refractivity contribution in [3.8, 4) is 22.8 Å². The summed E-state index contributed by atoms with van der Waals surface area (Å²) in [5.74, 6) is 2.23. The summed E-state index contributed by atoms with van der Waals surface area (Å²) in [5.41, 5.74) is 1.13. The standard InChI is InChI=1S/C31H34N6O4/c1-4-40-25-12-5-6-13-26(25)41-23-11-8-16-37(20-23)28-19-32-18-27(35-28)36-30-33-15-14-24(34-30)21-9-7-10-22(17-21)31(2,3)29(38)39/h5-7,9-10,12-15,17-19,23H,4,8,11,16,20H2,1-3H3,(H,38,39)(H,33,34,35,36)/t23-/m1/s1. The van der Waals surface area contributed by atoms with Crippen LogP contribution in [-0.2, 0) is 10.2 Å². The molecule has 10 nitrogen and oxygen atoms in total. The molecule has 2 N–H and O–H groups in total. The molecule has 212 valence electrons. The van der Waals surface area contributed by atoms with E-state index < -0.39 is 11.4 Å². The van der Waals surface area contributed by atoms with E-state index in [4.69, 9.17) is 14.5 Å². The third-order valence-corrected chi connectivity index (χ3v) is 7.08. The highest BCUT2D eigenvalue weighted by Gasteiger charge is 2.29. The van der Waals surface area contributed by atoms with E-state index in [0.29, 0.717) is 36.2 Å². The van der Waals surface area contributed by atoms with Crippen molar-refractivity contribution in [2.75, 3.05) is 29.9 Å². The van der Waals surface area contributed by atoms with E-state index in [0.717, 1.165) is 42.3 Å². The van der Waals surface area contributed by atoms with E-state index in [2.05, 4.69) is 25.2 Å². The molecular formula is C31H34N6O4. The number of benzene rings is 2. The highest BCUT2D eigenvalue weighted by Crippen LogP contribution is 2.31. The van der Waals surface area contributed by atoms with E-state index in [9.17, 15) is 9.90 Å². The van der Waals surface area contributed by atoms with Gasteiger partial charge in [-0.3, -0.25) is 9.78 Å². The van der Waals surface area contributed by atoms with Gasteiger partial charge in [-0.15, -0.1) is 0 Å². The molecule has 4 aromatic rings. The van der Waals surface area contributed by atoms with E-state index in [1.807, 2.05) is 55.5 Å². The lowest BCUT2D eigenvalue weighted by atomic mass is 9.84. The Bertz CT molecular complexity index is 1510. The molecular weight excluding hydrogens is 520 g/mol. The largest absolute Gasteiger partial charge is 0.490 e. The molecule has 1 saturated heterocycles. The van der Waals surface area contributed by atoms with Crippen molar-refractivity contribution in [3.05, 3.63) is 78.8 Å². The molecule has 2 aromatic carbocycles. The zero-order valence-electron chi connectivity index (χ0n) is 23.4. The van der Waals surface area contributed by atoms with Gasteiger partial charge in [-0.1, -0.05) is 30.3 Å². The first-order valence-electron chi connectivity index (χ1n) is 13.7. The van der Waals surface area contributed by atoms with Crippen molar-refractivity contribution in [3.63, 3.8) is 0 Å². The Morgan fingerprint density at radius 1 is 1.10 bits per heavy atom. The number of nitrogens with one attached hydrogen (secondary N) is 1. The van der Waals surface area contributed by atoms with Crippen LogP contribution in [-0.4, -0.2) is 56.8 Å². The first kappa shape index (κ1) is 27.8. The fourth-order valence-electron chi connectivity index (χ4n) is 4.70. The molecule has 0 radical (unpaired) electrons. The van der Waals surface area contributed by atoms with Crippen LogP contribution in [0.4, 0.5) is 17.6 Å². The smallest absolute Gasteiger partial charge is 0.313 e. The van der Waals surface area contributed by atoms with Crippen LogP contribution in [0.25, 0.3) is 11.3 Å². The molecule has 10 heteroatoms. The number of hydrogen-bond donors (Lipinski definition) is 2. The Morgan fingerprint density at radius 3 is 2.73 bits per heavy atom. The lowest BCUT2D eigenvalue weighted by Gasteiger charge is -2.33. The van der Waals surface area contributed by atoms with Gasteiger partial charge < -0.3 is 24.8 Å². The Labute approximate surface area is 239 Å². The number of para-hydroxylation sites is 2. The van der Waals surface area contributed by atoms with E-state index in [1.165, 1.54) is 0 Å². The Morgan fingerprint density at radius 2 is 1.93 bits per heavy atom. The number of piperidine rings is 1. The number of hydrogen-bond acceptors (Lipinski definition) is 9. The molecule has 41 heavy (non-hydrogen) atoms. The predicted octanol–water partition coefficient (Wildman–Crippen LogP) is 5.49. The van der Waals surface area contributed by atoms with Gasteiger partial charge in [-0.2, -0.15) is 0 Å². The molecule has 1 atom stereocenters. The quantitative estimate of drug-likeness (QED) is 0.260. The first-order valence-corrected chi connectivity index (χ1v) is 13.7. The third kappa shape index (κ3) is 6.54. The second-order valence-corrected chi connectivity index (χ2v) is 10.4. The fraction of sp³-hybridized carbons (Fsp3) is 0.323. The number of carboxylic acids is 1. The molecule has 1 aliphatic heterocycles. The maximum Gasteiger partial charge on any atom is 0.313 e. The van der Waals surface area contributed by atoms with Gasteiger partial charge in [0.25, 0.3) is 0 Å². The van der Waals surface area contributed by atoms with E-state index in [1.54, 1.807) is 38.5 Å². The second-order valence-electron chi connectivity index (χ2n) is 10.4. The highest BCUT2D eigenvalue weighted by atomic mass is 16.5. The van der Waals surface area contributed by atoms with Gasteiger partial charge in [0.05, 0.1) is 36.7 Å². The number of aliphatic carboxylic acids is 1. The summed E-state index contributed by atoms with van der Waals surface area (Å²) >= 11 is 0. The van der Waals surface area contributed by atoms with Crippen molar-refractivity contribution in [1.82, 2.24) is 19.9 Å². The molecule has 1 aliphatic rings. The number of nitrogens with zero attached hydrogens (tertiary/aromatic N) is 5. The molecule has 1 fully saturated rings. The third-order valence-electron chi connectivity index (χ3n) is 7.08. The minimum absolute atomic E-state index is 0.00865. The maximum absolute atomic E-state index is 11.7. The van der Waals surface area contributed by atoms with Crippen molar-refractivity contribution < 1.29 is 19.4 Å². The molecule has 0 spiro atoms. The van der Waals surface area contributed by atoms with Crippen LogP contribution in [0.1, 0.15) is 39.2 Å². The van der Waals surface area contributed by atoms with Gasteiger partial charge >= 0.3 is 5.97 Å². The minimum atomic E-state index is -1.02. The molecule has 0 saturated carbocycles. The maximum atomic E-state index is 11.7. The zero-order chi connectivity index (χ0) is 28.8. The SMILES string of the molecule is CCOc1ccccc1O[C@@H]1CCCN(c2cncc(Nc3nccc(-c4cccc(C(C)(C)C(=O)O)c4)n3)n2)C1. The molecule has 0 amide bonds. The number of anilines is 3. The van der Waals surface area contributed by atoms with E-state index >= 15 is 0 Å². The fourth-order valence-corrected chi connectivity index (χ4v) is 4.70. The van der Waals surface area contributed by atoms with Crippen LogP contribution < -0.4 is 19.7 Å². The van der Waals surface area contributed by atoms with Crippen LogP contribution in [0.5, 0.6) is 11.5 Å². The van der Waals surface area contributed by atoms with Crippen LogP contribution in [0.15, 0.2) is 73.2 Å². The van der Waals surface area contributed by atoms with Crippen LogP contribution in [0, 0.1) is 0 Å². The molecule has 3 heterocycles. The summed E-state index contributed by atoms with van der Waals surface area (Å²) in [7, 11) is 0. The number of carbonyl (C=O) groups is 1. The Balaban J connectivity index is 1.29. The highest BCUT2D eigenvalue weighted by molar-refractivity contribution is 5.81. The lowest BCUT2D eigenvalue weighted by molar-refractivity contribution is -0.142. The van der Waals surface area contributed by atoms with Gasteiger partial charge in [0.2, 0.25) is 5.95 Å². The van der Waals surface area contributed by atoms with Crippen LogP contribution in [0.3, 0.4) is 0 Å². The van der Waals surface area contributed by atoms with Gasteiger partial charge in [-0.25, -0.2) is 15.0 Å². The molecule has 0 bridgehead atoms. The van der Waals surface area contributed by atoms with Crippen molar-refractivity contribution in [2.24, 2.45) is 0 Å². The summed E-state index contributed by atoms with van der Waals surface area (Å²) < 4.78 is 12.1. The number of carboxylic acid groups (broad SMARTS) is 1. The average Bonchev–Trinajstić information content (AvgIpc) is 2.99. The molecule has 5 rings (SSSR count). The summed E-state index contributed by atoms with van der Waals surface area (Å²) in [6.07, 6.45) is 6.92. The lowest BCUT2D eigenvalue weighted by Crippen LogP contribution is -2.41. The summed E-state index contributed by atoms with van der Waals surface area (Å²) in [6, 6.07) is 16.9. The number of ether oxygens (including phenoxy) is 2. The summed E-state index contributed by atoms with van der Waals surface area (Å²) in [4.78, 5) is 32.1. The predicted molar refractivity (Wildman–Crippen MR) is 157 cm³/mol. The van der Waals surface area contributed by atoms with Gasteiger partial charge in [0.15, 0.2) is 17.3 Å². The van der Waals surface area contributed by atoms with Crippen LogP contribution in [0.2, 0.25) is 0 Å². The first-order chi connectivity index (χ1) is 19.8. The van der Waals surface area contributed by atoms with Crippen molar-refractivity contribution >= 4 is 23.6 Å². The monoisotopic (exact) mass is 554 g/mol. The Kier molecular flexibility index (Phi) is 8.28. The summed E-state index contributed by atoms with van der Waals surface area (Å²) in [5, 5.41) is 12.8. The second kappa shape index (κ2) is 12.2. The van der Waals surface area contributed by atoms with Crippen LogP contribution >= 0.6 is 0 Å². The number of rotatable bonds is 10. The summed E-state index contributed by atoms with van der Waals surface area (Å²) in [6.45, 7) is 7.43. The van der Waals surface area contributed by atoms with E-state index in [-0.39, 0.29) is 6.10 Å². The average molecular weight is 555 g/mol. The topological polar surface area (TPSA) is 123 Å². The molecule has 0 unspecified atom stereocenters. The van der Waals surface area contributed by atoms with Crippen molar-refractivity contribution in [1.29, 1.82) is 0 Å². The molecule has 2 aromatic heterocycles. The van der Waals surface area contributed by atoms with Crippen molar-refractivity contribution in [2.45, 2.75) is 45.1 Å². The number of aromatic nitrogens is 4. The molecule has 0 aliphatic carbocycles. The minimum Gasteiger partial charge on any atom is -0.490 e.